The molecule has 0 N–H and O–H groups in total. The summed E-state index contributed by atoms with van der Waals surface area (Å²) in [7, 11) is -1.26. The van der Waals surface area contributed by atoms with Crippen molar-refractivity contribution in [1.29, 1.82) is 0 Å². The summed E-state index contributed by atoms with van der Waals surface area (Å²) in [5.41, 5.74) is 15.1. The van der Waals surface area contributed by atoms with Crippen LogP contribution in [0.3, 0.4) is 0 Å². The first kappa shape index (κ1) is 45.1. The van der Waals surface area contributed by atoms with E-state index in [2.05, 4.69) is 203 Å². The molecule has 2 heterocycles. The quantitative estimate of drug-likeness (QED) is 0.0999. The summed E-state index contributed by atoms with van der Waals surface area (Å²) in [4.78, 5) is 9.36. The van der Waals surface area contributed by atoms with Crippen molar-refractivity contribution in [1.82, 2.24) is 9.97 Å². The average Bonchev–Trinajstić information content (AvgIpc) is 3.32. The number of nitrogens with zero attached hydrogens (tertiary/aromatic N) is 2. The smallest absolute Gasteiger partial charge is 0.0775 e. The van der Waals surface area contributed by atoms with E-state index in [9.17, 15) is 0 Å². The van der Waals surface area contributed by atoms with Crippen LogP contribution in [-0.2, 0) is 41.8 Å². The molecule has 2 aliphatic rings. The van der Waals surface area contributed by atoms with Crippen LogP contribution in [0, 0.1) is 29.4 Å². The molecule has 0 atom stereocenters. The van der Waals surface area contributed by atoms with Gasteiger partial charge < -0.3 is 9.97 Å². The van der Waals surface area contributed by atoms with Crippen LogP contribution in [-0.4, -0.2) is 18.0 Å². The van der Waals surface area contributed by atoms with Gasteiger partial charge in [-0.15, -0.1) is 70.3 Å². The molecule has 2 aromatic heterocycles. The van der Waals surface area contributed by atoms with Gasteiger partial charge in [0.25, 0.3) is 0 Å². The largest absolute Gasteiger partial charge is 0.305 e. The summed E-state index contributed by atoms with van der Waals surface area (Å²) < 4.78 is 0. The predicted molar refractivity (Wildman–Crippen MR) is 253 cm³/mol. The van der Waals surface area contributed by atoms with Crippen LogP contribution in [0.1, 0.15) is 115 Å². The van der Waals surface area contributed by atoms with E-state index in [1.807, 2.05) is 30.5 Å². The summed E-state index contributed by atoms with van der Waals surface area (Å²) in [5, 5.41) is 1.46. The zero-order valence-corrected chi connectivity index (χ0v) is 41.5. The van der Waals surface area contributed by atoms with Gasteiger partial charge in [-0.05, 0) is 98.3 Å². The minimum Gasteiger partial charge on any atom is -0.305 e. The van der Waals surface area contributed by atoms with Gasteiger partial charge in [0, 0.05) is 43.6 Å². The van der Waals surface area contributed by atoms with Gasteiger partial charge in [-0.3, -0.25) is 0 Å². The van der Waals surface area contributed by atoms with Crippen molar-refractivity contribution in [3.05, 3.63) is 161 Å². The Morgan fingerprint density at radius 2 is 1.13 bits per heavy atom. The molecule has 2 nitrogen and oxygen atoms in total. The molecule has 0 unspecified atom stereocenters. The minimum atomic E-state index is -1.26. The summed E-state index contributed by atoms with van der Waals surface area (Å²) in [6, 6.07) is 43.1. The molecule has 0 bridgehead atoms. The van der Waals surface area contributed by atoms with Crippen molar-refractivity contribution in [3.63, 3.8) is 0 Å². The number of benzene rings is 4. The fourth-order valence-corrected chi connectivity index (χ4v) is 10.2. The van der Waals surface area contributed by atoms with Gasteiger partial charge >= 0.3 is 0 Å². The summed E-state index contributed by atoms with van der Waals surface area (Å²) in [6.07, 6.45) is 6.39. The fraction of sp³-hybridized carbons (Fsp3) is 0.357. The first-order valence-corrected chi connectivity index (χ1v) is 24.9. The molecule has 2 aliphatic carbocycles. The molecule has 0 fully saturated rings. The average molecular weight is 983 g/mol. The molecular weight excluding hydrogens is 921 g/mol. The van der Waals surface area contributed by atoms with E-state index < -0.39 is 8.07 Å². The SMILES string of the molecule is CC1(C)CCC(C)(C)c2cc(-c3[c-]cc4c(c3)C(C)(C)C(C)(C)C4(C)C)ncc21.C[Si](C)(C)c1ccc(C#Cc2ccc(-c3cc[c-]c(-c4ccccn4)c3)cc2)cc1.[Ir]. The maximum atomic E-state index is 4.94. The minimum absolute atomic E-state index is 0. The third kappa shape index (κ3) is 8.57. The maximum Gasteiger partial charge on any atom is 0.0775 e. The number of pyridine rings is 2. The Hall–Kier alpha value is -4.39. The van der Waals surface area contributed by atoms with Crippen LogP contribution in [0.15, 0.2) is 116 Å². The van der Waals surface area contributed by atoms with Crippen molar-refractivity contribution in [2.75, 3.05) is 0 Å². The van der Waals surface area contributed by atoms with Crippen LogP contribution >= 0.6 is 0 Å². The standard InChI is InChI=1S/C28H24NSi.C28H38N.Ir/c1-30(2,3)27-18-14-23(15-19-27)11-10-22-12-16-24(17-13-22)25-7-6-8-26(21-25)28-9-4-5-20-29-28;1-24(2)13-14-25(3,4)22-17-29-23(16-20(22)24)18-11-12-19-21(15-18)27(7,8)28(9,10)26(19,5)6;/h4-7,9,12-21H,1-3H3;12,15-17H,13-14H2,1-10H3;/q2*-1;. The topological polar surface area (TPSA) is 25.8 Å². The molecule has 0 aliphatic heterocycles. The summed E-state index contributed by atoms with van der Waals surface area (Å²) in [6.45, 7) is 30.9. The van der Waals surface area contributed by atoms with Gasteiger partial charge in [-0.1, -0.05) is 148 Å². The van der Waals surface area contributed by atoms with Crippen LogP contribution in [0.5, 0.6) is 0 Å². The maximum absolute atomic E-state index is 4.94. The third-order valence-corrected chi connectivity index (χ3v) is 16.6. The Bertz CT molecular complexity index is 2540. The Kier molecular flexibility index (Phi) is 12.4. The van der Waals surface area contributed by atoms with Gasteiger partial charge in [0.2, 0.25) is 0 Å². The normalized spacial score (nSPS) is 17.4. The number of hydrogen-bond donors (Lipinski definition) is 0. The first-order valence-electron chi connectivity index (χ1n) is 21.4. The fourth-order valence-electron chi connectivity index (χ4n) is 8.98. The predicted octanol–water partition coefficient (Wildman–Crippen LogP) is 13.7. The molecule has 4 heteroatoms. The molecule has 8 rings (SSSR count). The van der Waals surface area contributed by atoms with Gasteiger partial charge in [-0.25, -0.2) is 0 Å². The van der Waals surface area contributed by atoms with E-state index in [1.165, 1.54) is 40.3 Å². The Morgan fingerprint density at radius 1 is 0.550 bits per heavy atom. The Morgan fingerprint density at radius 3 is 1.73 bits per heavy atom. The van der Waals surface area contributed by atoms with Crippen LogP contribution < -0.4 is 5.19 Å². The zero-order valence-electron chi connectivity index (χ0n) is 38.1. The second-order valence-electron chi connectivity index (χ2n) is 20.8. The number of aromatic nitrogens is 2. The van der Waals surface area contributed by atoms with Crippen molar-refractivity contribution in [3.8, 4) is 45.5 Å². The molecule has 6 aromatic rings. The van der Waals surface area contributed by atoms with Crippen LogP contribution in [0.4, 0.5) is 0 Å². The molecule has 311 valence electrons. The molecule has 0 saturated carbocycles. The van der Waals surface area contributed by atoms with E-state index in [0.717, 1.165) is 44.8 Å². The third-order valence-electron chi connectivity index (χ3n) is 14.5. The first-order chi connectivity index (χ1) is 27.6. The van der Waals surface area contributed by atoms with Crippen molar-refractivity contribution in [2.45, 2.75) is 123 Å². The second kappa shape index (κ2) is 16.5. The van der Waals surface area contributed by atoms with Crippen LogP contribution in [0.2, 0.25) is 19.6 Å². The Balaban J connectivity index is 0.000000198. The van der Waals surface area contributed by atoms with E-state index in [1.54, 1.807) is 0 Å². The number of hydrogen-bond acceptors (Lipinski definition) is 2. The van der Waals surface area contributed by atoms with Gasteiger partial charge in [0.05, 0.1) is 8.07 Å². The summed E-state index contributed by atoms with van der Waals surface area (Å²) in [5.74, 6) is 6.56. The molecule has 0 amide bonds. The van der Waals surface area contributed by atoms with Gasteiger partial charge in [0.1, 0.15) is 0 Å². The van der Waals surface area contributed by atoms with E-state index in [-0.39, 0.29) is 47.2 Å². The van der Waals surface area contributed by atoms with Crippen molar-refractivity contribution < 1.29 is 20.1 Å². The molecule has 0 saturated heterocycles. The van der Waals surface area contributed by atoms with E-state index in [4.69, 9.17) is 4.98 Å². The number of rotatable bonds is 4. The van der Waals surface area contributed by atoms with Crippen molar-refractivity contribution >= 4 is 13.3 Å². The molecule has 4 aromatic carbocycles. The van der Waals surface area contributed by atoms with Crippen LogP contribution in [0.25, 0.3) is 33.6 Å². The zero-order chi connectivity index (χ0) is 42.6. The van der Waals surface area contributed by atoms with E-state index >= 15 is 0 Å². The monoisotopic (exact) mass is 983 g/mol. The van der Waals surface area contributed by atoms with Gasteiger partial charge in [-0.2, -0.15) is 0 Å². The van der Waals surface area contributed by atoms with E-state index in [0.29, 0.717) is 0 Å². The molecule has 0 spiro atoms. The molecule has 60 heavy (non-hydrogen) atoms. The summed E-state index contributed by atoms with van der Waals surface area (Å²) >= 11 is 0. The van der Waals surface area contributed by atoms with Crippen molar-refractivity contribution in [2.24, 2.45) is 5.41 Å². The van der Waals surface area contributed by atoms with Gasteiger partial charge in [0.15, 0.2) is 0 Å². The number of fused-ring (bicyclic) bond motifs is 2. The molecular formula is C56H62IrN2Si-2. The molecule has 1 radical (unpaired) electrons. The second-order valence-corrected chi connectivity index (χ2v) is 25.9. The Labute approximate surface area is 376 Å².